The minimum absolute atomic E-state index is 0.0245. The number of nitrogens with one attached hydrogen (secondary N) is 1. The molecule has 0 unspecified atom stereocenters. The molecule has 0 aliphatic carbocycles. The van der Waals surface area contributed by atoms with Crippen LogP contribution in [0, 0.1) is 17.1 Å². The summed E-state index contributed by atoms with van der Waals surface area (Å²) >= 11 is 0. The lowest BCUT2D eigenvalue weighted by Gasteiger charge is -2.14. The van der Waals surface area contributed by atoms with Crippen molar-refractivity contribution < 1.29 is 9.13 Å². The van der Waals surface area contributed by atoms with Crippen LogP contribution in [0.15, 0.2) is 36.5 Å². The zero-order valence-corrected chi connectivity index (χ0v) is 11.9. The Kier molecular flexibility index (Phi) is 4.72. The van der Waals surface area contributed by atoms with Gasteiger partial charge in [0.25, 0.3) is 0 Å². The smallest absolute Gasteiger partial charge is 0.237 e. The molecule has 2 rings (SSSR count). The predicted molar refractivity (Wildman–Crippen MR) is 78.4 cm³/mol. The van der Waals surface area contributed by atoms with Crippen molar-refractivity contribution in [3.8, 4) is 11.9 Å². The van der Waals surface area contributed by atoms with Crippen LogP contribution >= 0.6 is 0 Å². The van der Waals surface area contributed by atoms with Crippen LogP contribution in [0.1, 0.15) is 25.0 Å². The van der Waals surface area contributed by atoms with Gasteiger partial charge in [-0.2, -0.15) is 5.26 Å². The van der Waals surface area contributed by atoms with E-state index in [2.05, 4.69) is 10.3 Å². The van der Waals surface area contributed by atoms with Gasteiger partial charge in [-0.15, -0.1) is 0 Å². The van der Waals surface area contributed by atoms with Crippen LogP contribution in [0.4, 0.5) is 10.1 Å². The van der Waals surface area contributed by atoms with E-state index in [9.17, 15) is 4.39 Å². The van der Waals surface area contributed by atoms with Gasteiger partial charge in [-0.1, -0.05) is 6.07 Å². The first-order valence-electron chi connectivity index (χ1n) is 6.64. The first-order chi connectivity index (χ1) is 10.1. The van der Waals surface area contributed by atoms with Crippen molar-refractivity contribution >= 4 is 5.69 Å². The Morgan fingerprint density at radius 3 is 2.90 bits per heavy atom. The Balaban J connectivity index is 2.12. The fourth-order valence-electron chi connectivity index (χ4n) is 1.81. The molecule has 5 heteroatoms. The van der Waals surface area contributed by atoms with Gasteiger partial charge in [0.15, 0.2) is 0 Å². The molecule has 0 atom stereocenters. The molecular weight excluding hydrogens is 269 g/mol. The summed E-state index contributed by atoms with van der Waals surface area (Å²) in [6.45, 7) is 4.31. The number of hydrogen-bond donors (Lipinski definition) is 1. The van der Waals surface area contributed by atoms with Crippen LogP contribution in [0.5, 0.6) is 5.88 Å². The zero-order valence-electron chi connectivity index (χ0n) is 11.9. The van der Waals surface area contributed by atoms with Crippen LogP contribution < -0.4 is 10.1 Å². The summed E-state index contributed by atoms with van der Waals surface area (Å²) in [5.74, 6) is 0.0153. The largest absolute Gasteiger partial charge is 0.473 e. The van der Waals surface area contributed by atoms with E-state index in [1.54, 1.807) is 18.3 Å². The minimum atomic E-state index is -0.508. The molecule has 0 amide bonds. The lowest BCUT2D eigenvalue weighted by molar-refractivity contribution is 0.234. The topological polar surface area (TPSA) is 57.9 Å². The van der Waals surface area contributed by atoms with Crippen LogP contribution in [-0.2, 0) is 6.54 Å². The van der Waals surface area contributed by atoms with E-state index in [0.29, 0.717) is 12.4 Å². The van der Waals surface area contributed by atoms with Crippen molar-refractivity contribution in [1.29, 1.82) is 5.26 Å². The number of rotatable bonds is 5. The summed E-state index contributed by atoms with van der Waals surface area (Å²) in [5, 5.41) is 12.0. The molecular formula is C16H16FN3O. The highest BCUT2D eigenvalue weighted by Crippen LogP contribution is 2.22. The molecule has 108 valence electrons. The summed E-state index contributed by atoms with van der Waals surface area (Å²) in [7, 11) is 0. The number of benzene rings is 1. The van der Waals surface area contributed by atoms with Crippen molar-refractivity contribution in [3.05, 3.63) is 53.5 Å². The molecule has 0 saturated heterocycles. The van der Waals surface area contributed by atoms with Gasteiger partial charge in [0.05, 0.1) is 17.4 Å². The van der Waals surface area contributed by atoms with Gasteiger partial charge in [-0.05, 0) is 43.7 Å². The summed E-state index contributed by atoms with van der Waals surface area (Å²) < 4.78 is 18.9. The second kappa shape index (κ2) is 6.71. The maximum absolute atomic E-state index is 13.3. The summed E-state index contributed by atoms with van der Waals surface area (Å²) in [4.78, 5) is 4.18. The van der Waals surface area contributed by atoms with Crippen LogP contribution in [0.2, 0.25) is 0 Å². The Bertz CT molecular complexity index is 665. The second-order valence-electron chi connectivity index (χ2n) is 4.80. The van der Waals surface area contributed by atoms with Crippen molar-refractivity contribution in [2.75, 3.05) is 5.32 Å². The van der Waals surface area contributed by atoms with E-state index in [4.69, 9.17) is 10.00 Å². The lowest BCUT2D eigenvalue weighted by Crippen LogP contribution is -2.10. The summed E-state index contributed by atoms with van der Waals surface area (Å²) in [6, 6.07) is 9.97. The predicted octanol–water partition coefficient (Wildman–Crippen LogP) is 3.49. The molecule has 0 bridgehead atoms. The fraction of sp³-hybridized carbons (Fsp3) is 0.250. The highest BCUT2D eigenvalue weighted by molar-refractivity contribution is 5.52. The van der Waals surface area contributed by atoms with E-state index >= 15 is 0 Å². The fourth-order valence-corrected chi connectivity index (χ4v) is 1.81. The summed E-state index contributed by atoms with van der Waals surface area (Å²) in [6.07, 6.45) is 1.69. The molecule has 2 aromatic rings. The van der Waals surface area contributed by atoms with Crippen molar-refractivity contribution in [2.45, 2.75) is 26.5 Å². The number of ether oxygens (including phenoxy) is 1. The second-order valence-corrected chi connectivity index (χ2v) is 4.80. The van der Waals surface area contributed by atoms with Crippen LogP contribution in [-0.4, -0.2) is 11.1 Å². The van der Waals surface area contributed by atoms with Crippen LogP contribution in [0.25, 0.3) is 0 Å². The Hall–Kier alpha value is -2.61. The van der Waals surface area contributed by atoms with Gasteiger partial charge in [0.2, 0.25) is 5.88 Å². The first kappa shape index (κ1) is 14.8. The van der Waals surface area contributed by atoms with Gasteiger partial charge in [-0.3, -0.25) is 0 Å². The molecule has 1 N–H and O–H groups in total. The van der Waals surface area contributed by atoms with Crippen molar-refractivity contribution in [2.24, 2.45) is 0 Å². The molecule has 1 aromatic heterocycles. The van der Waals surface area contributed by atoms with E-state index in [1.807, 2.05) is 26.0 Å². The molecule has 0 radical (unpaired) electrons. The molecule has 1 aromatic carbocycles. The van der Waals surface area contributed by atoms with Gasteiger partial charge in [0, 0.05) is 12.7 Å². The minimum Gasteiger partial charge on any atom is -0.473 e. The molecule has 4 nitrogen and oxygen atoms in total. The van der Waals surface area contributed by atoms with E-state index < -0.39 is 5.82 Å². The number of pyridine rings is 1. The average Bonchev–Trinajstić information content (AvgIpc) is 2.47. The monoisotopic (exact) mass is 285 g/mol. The third kappa shape index (κ3) is 3.93. The van der Waals surface area contributed by atoms with Gasteiger partial charge in [-0.25, -0.2) is 9.37 Å². The normalized spacial score (nSPS) is 10.2. The van der Waals surface area contributed by atoms with Crippen LogP contribution in [0.3, 0.4) is 0 Å². The number of aromatic nitrogens is 1. The first-order valence-corrected chi connectivity index (χ1v) is 6.64. The van der Waals surface area contributed by atoms with E-state index in [-0.39, 0.29) is 11.7 Å². The van der Waals surface area contributed by atoms with Crippen molar-refractivity contribution in [1.82, 2.24) is 4.98 Å². The number of nitrogens with zero attached hydrogens (tertiary/aromatic N) is 2. The molecule has 0 saturated carbocycles. The third-order valence-corrected chi connectivity index (χ3v) is 2.75. The Morgan fingerprint density at radius 2 is 2.19 bits per heavy atom. The van der Waals surface area contributed by atoms with E-state index in [1.165, 1.54) is 12.1 Å². The molecule has 0 aliphatic rings. The highest BCUT2D eigenvalue weighted by atomic mass is 19.1. The summed E-state index contributed by atoms with van der Waals surface area (Å²) in [5.41, 5.74) is 1.61. The molecule has 0 spiro atoms. The number of anilines is 1. The zero-order chi connectivity index (χ0) is 15.2. The maximum atomic E-state index is 13.3. The molecule has 0 aliphatic heterocycles. The molecule has 21 heavy (non-hydrogen) atoms. The van der Waals surface area contributed by atoms with Gasteiger partial charge in [0.1, 0.15) is 11.9 Å². The van der Waals surface area contributed by atoms with Gasteiger partial charge < -0.3 is 10.1 Å². The number of hydrogen-bond acceptors (Lipinski definition) is 4. The quantitative estimate of drug-likeness (QED) is 0.913. The average molecular weight is 285 g/mol. The number of nitriles is 1. The Labute approximate surface area is 123 Å². The van der Waals surface area contributed by atoms with E-state index in [0.717, 1.165) is 11.3 Å². The number of halogens is 1. The molecule has 1 heterocycles. The SMILES string of the molecule is CC(C)Oc1ncccc1NCc1ccc(F)c(C#N)c1. The Morgan fingerprint density at radius 1 is 1.38 bits per heavy atom. The highest BCUT2D eigenvalue weighted by Gasteiger charge is 2.07. The third-order valence-electron chi connectivity index (χ3n) is 2.75. The van der Waals surface area contributed by atoms with Gasteiger partial charge >= 0.3 is 0 Å². The molecule has 0 fully saturated rings. The lowest BCUT2D eigenvalue weighted by atomic mass is 10.1. The standard InChI is InChI=1S/C16H16FN3O/c1-11(2)21-16-15(4-3-7-19-16)20-10-12-5-6-14(17)13(8-12)9-18/h3-8,11,20H,10H2,1-2H3. The van der Waals surface area contributed by atoms with Crippen molar-refractivity contribution in [3.63, 3.8) is 0 Å². The maximum Gasteiger partial charge on any atom is 0.237 e.